The Bertz CT molecular complexity index is 447. The molecule has 0 aliphatic rings. The molecule has 0 bridgehead atoms. The van der Waals surface area contributed by atoms with Gasteiger partial charge in [-0.15, -0.1) is 0 Å². The molecule has 2 aromatic rings. The van der Waals surface area contributed by atoms with E-state index in [0.29, 0.717) is 0 Å². The standard InChI is InChI=1S/C11H11ClN4/c12-11-15-8-4-10(16-11)14-7-3-9-1-5-13-6-2-9/h1-2,4-6,8H,3,7H2,(H,14,15,16). The number of aromatic nitrogens is 3. The first kappa shape index (κ1) is 10.8. The minimum atomic E-state index is 0.258. The van der Waals surface area contributed by atoms with E-state index in [9.17, 15) is 0 Å². The second-order valence-electron chi connectivity index (χ2n) is 3.24. The zero-order chi connectivity index (χ0) is 11.2. The van der Waals surface area contributed by atoms with Gasteiger partial charge in [0.2, 0.25) is 5.28 Å². The van der Waals surface area contributed by atoms with Crippen LogP contribution < -0.4 is 5.32 Å². The van der Waals surface area contributed by atoms with Gasteiger partial charge in [-0.25, -0.2) is 9.97 Å². The van der Waals surface area contributed by atoms with Gasteiger partial charge in [-0.1, -0.05) is 0 Å². The molecule has 1 N–H and O–H groups in total. The lowest BCUT2D eigenvalue weighted by Gasteiger charge is -2.04. The average Bonchev–Trinajstić information content (AvgIpc) is 2.30. The fraction of sp³-hybridized carbons (Fsp3) is 0.182. The highest BCUT2D eigenvalue weighted by Gasteiger charge is 1.96. The number of hydrogen-bond donors (Lipinski definition) is 1. The summed E-state index contributed by atoms with van der Waals surface area (Å²) >= 11 is 5.67. The van der Waals surface area contributed by atoms with E-state index < -0.39 is 0 Å². The Balaban J connectivity index is 1.85. The van der Waals surface area contributed by atoms with Crippen molar-refractivity contribution in [2.45, 2.75) is 6.42 Å². The van der Waals surface area contributed by atoms with Crippen LogP contribution in [0.15, 0.2) is 36.8 Å². The van der Waals surface area contributed by atoms with E-state index in [1.165, 1.54) is 5.56 Å². The van der Waals surface area contributed by atoms with Crippen LogP contribution >= 0.6 is 11.6 Å². The van der Waals surface area contributed by atoms with Crippen LogP contribution in [0.4, 0.5) is 5.82 Å². The van der Waals surface area contributed by atoms with Crippen molar-refractivity contribution >= 4 is 17.4 Å². The summed E-state index contributed by atoms with van der Waals surface area (Å²) in [7, 11) is 0. The summed E-state index contributed by atoms with van der Waals surface area (Å²) in [5, 5.41) is 3.44. The summed E-state index contributed by atoms with van der Waals surface area (Å²) in [4.78, 5) is 11.8. The fourth-order valence-electron chi connectivity index (χ4n) is 1.32. The summed E-state index contributed by atoms with van der Waals surface area (Å²) in [5.74, 6) is 0.744. The van der Waals surface area contributed by atoms with Crippen molar-refractivity contribution in [3.63, 3.8) is 0 Å². The van der Waals surface area contributed by atoms with Crippen molar-refractivity contribution in [3.05, 3.63) is 47.6 Å². The van der Waals surface area contributed by atoms with Crippen molar-refractivity contribution in [2.24, 2.45) is 0 Å². The van der Waals surface area contributed by atoms with Gasteiger partial charge < -0.3 is 5.32 Å². The molecule has 0 saturated carbocycles. The van der Waals surface area contributed by atoms with Crippen molar-refractivity contribution in [3.8, 4) is 0 Å². The molecule has 4 nitrogen and oxygen atoms in total. The van der Waals surface area contributed by atoms with Crippen molar-refractivity contribution in [1.82, 2.24) is 15.0 Å². The molecule has 0 saturated heterocycles. The maximum absolute atomic E-state index is 5.67. The minimum absolute atomic E-state index is 0.258. The van der Waals surface area contributed by atoms with Crippen molar-refractivity contribution < 1.29 is 0 Å². The lowest BCUT2D eigenvalue weighted by atomic mass is 10.2. The van der Waals surface area contributed by atoms with E-state index in [1.807, 2.05) is 12.1 Å². The van der Waals surface area contributed by atoms with E-state index in [2.05, 4.69) is 20.3 Å². The van der Waals surface area contributed by atoms with Gasteiger partial charge in [-0.3, -0.25) is 4.98 Å². The van der Waals surface area contributed by atoms with Crippen LogP contribution in [0.25, 0.3) is 0 Å². The quantitative estimate of drug-likeness (QED) is 0.824. The monoisotopic (exact) mass is 234 g/mol. The topological polar surface area (TPSA) is 50.7 Å². The Morgan fingerprint density at radius 3 is 2.69 bits per heavy atom. The molecule has 2 heterocycles. The van der Waals surface area contributed by atoms with Gasteiger partial charge >= 0.3 is 0 Å². The minimum Gasteiger partial charge on any atom is -0.370 e. The van der Waals surface area contributed by atoms with Gasteiger partial charge in [0.15, 0.2) is 0 Å². The lowest BCUT2D eigenvalue weighted by molar-refractivity contribution is 0.994. The second kappa shape index (κ2) is 5.42. The molecule has 5 heteroatoms. The molecule has 0 spiro atoms. The SMILES string of the molecule is Clc1nccc(NCCc2ccncc2)n1. The van der Waals surface area contributed by atoms with Crippen LogP contribution in [0.3, 0.4) is 0 Å². The predicted molar refractivity (Wildman–Crippen MR) is 63.5 cm³/mol. The first-order chi connectivity index (χ1) is 7.84. The van der Waals surface area contributed by atoms with Gasteiger partial charge in [-0.2, -0.15) is 0 Å². The Hall–Kier alpha value is -1.68. The van der Waals surface area contributed by atoms with Gasteiger partial charge in [0.1, 0.15) is 5.82 Å². The third-order valence-electron chi connectivity index (χ3n) is 2.10. The first-order valence-electron chi connectivity index (χ1n) is 4.96. The Kier molecular flexibility index (Phi) is 3.66. The van der Waals surface area contributed by atoms with Gasteiger partial charge in [0, 0.05) is 25.1 Å². The highest BCUT2D eigenvalue weighted by atomic mass is 35.5. The normalized spacial score (nSPS) is 10.1. The number of hydrogen-bond acceptors (Lipinski definition) is 4. The van der Waals surface area contributed by atoms with Crippen LogP contribution in [0.5, 0.6) is 0 Å². The predicted octanol–water partition coefficient (Wildman–Crippen LogP) is 2.18. The van der Waals surface area contributed by atoms with E-state index in [0.717, 1.165) is 18.8 Å². The highest BCUT2D eigenvalue weighted by molar-refractivity contribution is 6.28. The summed E-state index contributed by atoms with van der Waals surface area (Å²) in [6.07, 6.45) is 6.13. The third-order valence-corrected chi connectivity index (χ3v) is 2.28. The maximum Gasteiger partial charge on any atom is 0.224 e. The van der Waals surface area contributed by atoms with Gasteiger partial charge in [0.25, 0.3) is 0 Å². The van der Waals surface area contributed by atoms with Crippen LogP contribution in [0.1, 0.15) is 5.56 Å². The molecular formula is C11H11ClN4. The van der Waals surface area contributed by atoms with Crippen LogP contribution in [-0.2, 0) is 6.42 Å². The molecule has 0 amide bonds. The Labute approximate surface area is 98.7 Å². The molecule has 82 valence electrons. The first-order valence-corrected chi connectivity index (χ1v) is 5.34. The number of rotatable bonds is 4. The lowest BCUT2D eigenvalue weighted by Crippen LogP contribution is -2.06. The number of halogens is 1. The number of nitrogens with zero attached hydrogens (tertiary/aromatic N) is 3. The molecule has 16 heavy (non-hydrogen) atoms. The maximum atomic E-state index is 5.67. The van der Waals surface area contributed by atoms with Crippen molar-refractivity contribution in [2.75, 3.05) is 11.9 Å². The average molecular weight is 235 g/mol. The second-order valence-corrected chi connectivity index (χ2v) is 3.58. The summed E-state index contributed by atoms with van der Waals surface area (Å²) in [6, 6.07) is 5.78. The van der Waals surface area contributed by atoms with Gasteiger partial charge in [0.05, 0.1) is 0 Å². The molecular weight excluding hydrogens is 224 g/mol. The fourth-order valence-corrected chi connectivity index (χ4v) is 1.47. The molecule has 0 aliphatic carbocycles. The Morgan fingerprint density at radius 1 is 1.12 bits per heavy atom. The molecule has 0 unspecified atom stereocenters. The largest absolute Gasteiger partial charge is 0.370 e. The van der Waals surface area contributed by atoms with E-state index in [1.54, 1.807) is 24.7 Å². The van der Waals surface area contributed by atoms with Crippen LogP contribution in [-0.4, -0.2) is 21.5 Å². The number of anilines is 1. The van der Waals surface area contributed by atoms with E-state index in [-0.39, 0.29) is 5.28 Å². The molecule has 2 rings (SSSR count). The smallest absolute Gasteiger partial charge is 0.224 e. The summed E-state index contributed by atoms with van der Waals surface area (Å²) in [5.41, 5.74) is 1.24. The zero-order valence-electron chi connectivity index (χ0n) is 8.60. The molecule has 0 atom stereocenters. The van der Waals surface area contributed by atoms with E-state index in [4.69, 9.17) is 11.6 Å². The number of nitrogens with one attached hydrogen (secondary N) is 1. The molecule has 2 aromatic heterocycles. The van der Waals surface area contributed by atoms with Crippen molar-refractivity contribution in [1.29, 1.82) is 0 Å². The number of pyridine rings is 1. The summed E-state index contributed by atoms with van der Waals surface area (Å²) in [6.45, 7) is 0.803. The molecule has 0 radical (unpaired) electrons. The Morgan fingerprint density at radius 2 is 1.94 bits per heavy atom. The van der Waals surface area contributed by atoms with Gasteiger partial charge in [-0.05, 0) is 41.8 Å². The third kappa shape index (κ3) is 3.17. The molecule has 0 aromatic carbocycles. The van der Waals surface area contributed by atoms with Crippen LogP contribution in [0, 0.1) is 0 Å². The highest BCUT2D eigenvalue weighted by Crippen LogP contribution is 2.06. The zero-order valence-corrected chi connectivity index (χ0v) is 9.35. The van der Waals surface area contributed by atoms with Crippen LogP contribution in [0.2, 0.25) is 5.28 Å². The van der Waals surface area contributed by atoms with E-state index >= 15 is 0 Å². The molecule has 0 aliphatic heterocycles. The molecule has 0 fully saturated rings. The summed E-state index contributed by atoms with van der Waals surface area (Å²) < 4.78 is 0.